The molecule has 1 amide bonds. The van der Waals surface area contributed by atoms with Crippen LogP contribution < -0.4 is 10.6 Å². The Labute approximate surface area is 165 Å². The maximum atomic E-state index is 14.1. The van der Waals surface area contributed by atoms with Crippen molar-refractivity contribution in [2.24, 2.45) is 0 Å². The fraction of sp³-hybridized carbons (Fsp3) is 0.200. The standard InChI is InChI=1S/C20H18FN7O/c21-14-5-3-4-13-16-12-15(25-28(16)20(22)24-18(13)14)19(29)27-10-8-26(9-11-27)17-6-1-2-7-23-17/h1-7,12H,8-11H2,(H2,22,24). The Balaban J connectivity index is 1.43. The highest BCUT2D eigenvalue weighted by Gasteiger charge is 2.25. The highest BCUT2D eigenvalue weighted by Crippen LogP contribution is 2.24. The number of halogens is 1. The first-order valence-corrected chi connectivity index (χ1v) is 9.30. The first-order valence-electron chi connectivity index (χ1n) is 9.30. The molecule has 4 aromatic rings. The lowest BCUT2D eigenvalue weighted by atomic mass is 10.2. The average molecular weight is 391 g/mol. The van der Waals surface area contributed by atoms with Crippen molar-refractivity contribution in [3.63, 3.8) is 0 Å². The maximum Gasteiger partial charge on any atom is 0.274 e. The van der Waals surface area contributed by atoms with E-state index >= 15 is 0 Å². The van der Waals surface area contributed by atoms with E-state index in [2.05, 4.69) is 20.0 Å². The molecule has 0 spiro atoms. The van der Waals surface area contributed by atoms with Crippen LogP contribution in [0.25, 0.3) is 16.4 Å². The third-order valence-corrected chi connectivity index (χ3v) is 5.17. The Bertz CT molecular complexity index is 1220. The predicted molar refractivity (Wildman–Crippen MR) is 107 cm³/mol. The molecule has 0 unspecified atom stereocenters. The molecule has 9 heteroatoms. The summed E-state index contributed by atoms with van der Waals surface area (Å²) in [6.07, 6.45) is 1.76. The van der Waals surface area contributed by atoms with E-state index in [9.17, 15) is 9.18 Å². The summed E-state index contributed by atoms with van der Waals surface area (Å²) in [6, 6.07) is 12.1. The number of amides is 1. The molecule has 4 heterocycles. The monoisotopic (exact) mass is 391 g/mol. The van der Waals surface area contributed by atoms with Gasteiger partial charge in [0.1, 0.15) is 17.2 Å². The number of para-hydroxylation sites is 1. The van der Waals surface area contributed by atoms with Crippen LogP contribution in [-0.4, -0.2) is 56.6 Å². The lowest BCUT2D eigenvalue weighted by Crippen LogP contribution is -2.49. The summed E-state index contributed by atoms with van der Waals surface area (Å²) in [5.41, 5.74) is 6.94. The molecule has 1 saturated heterocycles. The Hall–Kier alpha value is -3.75. The van der Waals surface area contributed by atoms with Crippen molar-refractivity contribution in [2.75, 3.05) is 36.8 Å². The van der Waals surface area contributed by atoms with E-state index in [1.807, 2.05) is 18.2 Å². The number of nitrogen functional groups attached to an aromatic ring is 1. The van der Waals surface area contributed by atoms with Gasteiger partial charge in [-0.05, 0) is 24.3 Å². The number of pyridine rings is 1. The van der Waals surface area contributed by atoms with Gasteiger partial charge in [0.2, 0.25) is 5.95 Å². The van der Waals surface area contributed by atoms with E-state index in [1.54, 1.807) is 29.3 Å². The molecule has 5 rings (SSSR count). The number of benzene rings is 1. The van der Waals surface area contributed by atoms with Crippen molar-refractivity contribution >= 4 is 34.1 Å². The number of aromatic nitrogens is 4. The third-order valence-electron chi connectivity index (χ3n) is 5.17. The minimum absolute atomic E-state index is 0.0385. The van der Waals surface area contributed by atoms with Crippen molar-refractivity contribution in [2.45, 2.75) is 0 Å². The molecule has 3 aromatic heterocycles. The zero-order valence-corrected chi connectivity index (χ0v) is 15.5. The summed E-state index contributed by atoms with van der Waals surface area (Å²) in [6.45, 7) is 2.50. The molecule has 146 valence electrons. The van der Waals surface area contributed by atoms with Crippen LogP contribution in [0.1, 0.15) is 10.5 Å². The van der Waals surface area contributed by atoms with Gasteiger partial charge in [-0.2, -0.15) is 9.61 Å². The molecule has 0 saturated carbocycles. The van der Waals surface area contributed by atoms with Crippen molar-refractivity contribution in [1.29, 1.82) is 0 Å². The number of hydrogen-bond donors (Lipinski definition) is 1. The number of hydrogen-bond acceptors (Lipinski definition) is 6. The van der Waals surface area contributed by atoms with Gasteiger partial charge in [-0.3, -0.25) is 4.79 Å². The normalized spacial score (nSPS) is 14.7. The predicted octanol–water partition coefficient (Wildman–Crippen LogP) is 1.96. The van der Waals surface area contributed by atoms with Crippen LogP contribution in [0.15, 0.2) is 48.7 Å². The number of fused-ring (bicyclic) bond motifs is 3. The zero-order chi connectivity index (χ0) is 20.0. The first-order chi connectivity index (χ1) is 14.1. The molecule has 0 bridgehead atoms. The smallest absolute Gasteiger partial charge is 0.274 e. The molecular weight excluding hydrogens is 373 g/mol. The van der Waals surface area contributed by atoms with E-state index in [4.69, 9.17) is 5.73 Å². The number of anilines is 2. The number of piperazine rings is 1. The van der Waals surface area contributed by atoms with Crippen LogP contribution in [0.4, 0.5) is 16.2 Å². The van der Waals surface area contributed by atoms with Gasteiger partial charge in [0.05, 0.1) is 5.52 Å². The maximum absolute atomic E-state index is 14.1. The van der Waals surface area contributed by atoms with Gasteiger partial charge >= 0.3 is 0 Å². The summed E-state index contributed by atoms with van der Waals surface area (Å²) in [7, 11) is 0. The minimum Gasteiger partial charge on any atom is -0.368 e. The molecule has 1 aromatic carbocycles. The van der Waals surface area contributed by atoms with Gasteiger partial charge in [0, 0.05) is 37.8 Å². The number of carbonyl (C=O) groups excluding carboxylic acids is 1. The van der Waals surface area contributed by atoms with Gasteiger partial charge in [0.15, 0.2) is 5.69 Å². The van der Waals surface area contributed by atoms with Crippen LogP contribution in [0.2, 0.25) is 0 Å². The summed E-state index contributed by atoms with van der Waals surface area (Å²) in [5.74, 6) is 0.297. The molecule has 1 fully saturated rings. The van der Waals surface area contributed by atoms with Gasteiger partial charge in [-0.25, -0.2) is 14.4 Å². The van der Waals surface area contributed by atoms with Crippen LogP contribution >= 0.6 is 0 Å². The van der Waals surface area contributed by atoms with Crippen LogP contribution in [0, 0.1) is 5.82 Å². The second kappa shape index (κ2) is 6.69. The summed E-state index contributed by atoms with van der Waals surface area (Å²) >= 11 is 0. The first kappa shape index (κ1) is 17.4. The molecular formula is C20H18FN7O. The van der Waals surface area contributed by atoms with Gasteiger partial charge in [-0.1, -0.05) is 18.2 Å². The van der Waals surface area contributed by atoms with Gasteiger partial charge < -0.3 is 15.5 Å². The number of rotatable bonds is 2. The van der Waals surface area contributed by atoms with Crippen LogP contribution in [-0.2, 0) is 0 Å². The molecule has 0 aliphatic carbocycles. The average Bonchev–Trinajstić information content (AvgIpc) is 3.21. The van der Waals surface area contributed by atoms with Crippen molar-refractivity contribution < 1.29 is 9.18 Å². The fourth-order valence-corrected chi connectivity index (χ4v) is 3.69. The van der Waals surface area contributed by atoms with Crippen LogP contribution in [0.5, 0.6) is 0 Å². The van der Waals surface area contributed by atoms with Crippen molar-refractivity contribution in [3.8, 4) is 0 Å². The SMILES string of the molecule is Nc1nc2c(F)cccc2c2cc(C(=O)N3CCN(c4ccccn4)CC3)nn12. The number of nitrogens with two attached hydrogens (primary N) is 1. The van der Waals surface area contributed by atoms with Gasteiger partial charge in [-0.15, -0.1) is 0 Å². The third kappa shape index (κ3) is 2.91. The van der Waals surface area contributed by atoms with E-state index in [-0.39, 0.29) is 23.1 Å². The quantitative estimate of drug-likeness (QED) is 0.562. The number of nitrogens with zero attached hydrogens (tertiary/aromatic N) is 6. The Morgan fingerprint density at radius 2 is 1.90 bits per heavy atom. The molecule has 29 heavy (non-hydrogen) atoms. The zero-order valence-electron chi connectivity index (χ0n) is 15.5. The second-order valence-corrected chi connectivity index (χ2v) is 6.90. The molecule has 1 aliphatic heterocycles. The highest BCUT2D eigenvalue weighted by molar-refractivity contribution is 5.99. The Morgan fingerprint density at radius 1 is 1.07 bits per heavy atom. The number of carbonyl (C=O) groups is 1. The molecule has 0 radical (unpaired) electrons. The van der Waals surface area contributed by atoms with Crippen molar-refractivity contribution in [1.82, 2.24) is 24.5 Å². The van der Waals surface area contributed by atoms with Gasteiger partial charge in [0.25, 0.3) is 5.91 Å². The summed E-state index contributed by atoms with van der Waals surface area (Å²) in [4.78, 5) is 25.4. The van der Waals surface area contributed by atoms with E-state index < -0.39 is 5.82 Å². The Kier molecular flexibility index (Phi) is 4.01. The largest absolute Gasteiger partial charge is 0.368 e. The molecule has 8 nitrogen and oxygen atoms in total. The Morgan fingerprint density at radius 3 is 2.66 bits per heavy atom. The molecule has 2 N–H and O–H groups in total. The second-order valence-electron chi connectivity index (χ2n) is 6.90. The summed E-state index contributed by atoms with van der Waals surface area (Å²) in [5, 5.41) is 4.89. The molecule has 1 aliphatic rings. The highest BCUT2D eigenvalue weighted by atomic mass is 19.1. The summed E-state index contributed by atoms with van der Waals surface area (Å²) < 4.78 is 15.5. The minimum atomic E-state index is -0.462. The fourth-order valence-electron chi connectivity index (χ4n) is 3.69. The van der Waals surface area contributed by atoms with Crippen LogP contribution in [0.3, 0.4) is 0 Å². The molecule has 0 atom stereocenters. The lowest BCUT2D eigenvalue weighted by Gasteiger charge is -2.35. The van der Waals surface area contributed by atoms with E-state index in [0.29, 0.717) is 37.1 Å². The lowest BCUT2D eigenvalue weighted by molar-refractivity contribution is 0.0740. The topological polar surface area (TPSA) is 92.6 Å². The van der Waals surface area contributed by atoms with E-state index in [1.165, 1.54) is 10.6 Å². The van der Waals surface area contributed by atoms with E-state index in [0.717, 1.165) is 5.82 Å². The van der Waals surface area contributed by atoms with Crippen molar-refractivity contribution in [3.05, 3.63) is 60.2 Å².